The van der Waals surface area contributed by atoms with Gasteiger partial charge >= 0.3 is 5.97 Å². The fraction of sp³-hybridized carbons (Fsp3) is 0.611. The number of ether oxygens (including phenoxy) is 2. The molecular weight excluding hydrogens is 264 g/mol. The summed E-state index contributed by atoms with van der Waals surface area (Å²) in [6, 6.07) is 7.93. The summed E-state index contributed by atoms with van der Waals surface area (Å²) >= 11 is 0. The summed E-state index contributed by atoms with van der Waals surface area (Å²) in [5, 5.41) is 0. The van der Waals surface area contributed by atoms with Crippen LogP contribution in [0.25, 0.3) is 0 Å². The molecule has 0 radical (unpaired) electrons. The van der Waals surface area contributed by atoms with Crippen LogP contribution in [0.4, 0.5) is 0 Å². The molecule has 1 aliphatic carbocycles. The zero-order valence-electron chi connectivity index (χ0n) is 13.2. The molecule has 0 bridgehead atoms. The average Bonchev–Trinajstić information content (AvgIpc) is 2.47. The molecule has 0 aromatic heterocycles. The summed E-state index contributed by atoms with van der Waals surface area (Å²) in [4.78, 5) is 11.9. The van der Waals surface area contributed by atoms with Gasteiger partial charge in [-0.2, -0.15) is 0 Å². The van der Waals surface area contributed by atoms with Crippen molar-refractivity contribution in [1.82, 2.24) is 0 Å². The van der Waals surface area contributed by atoms with Gasteiger partial charge in [-0.25, -0.2) is 4.79 Å². The molecule has 21 heavy (non-hydrogen) atoms. The number of benzene rings is 1. The van der Waals surface area contributed by atoms with Crippen molar-refractivity contribution in [3.05, 3.63) is 29.8 Å². The third kappa shape index (κ3) is 5.07. The number of carbonyl (C=O) groups excluding carboxylic acids is 1. The lowest BCUT2D eigenvalue weighted by Gasteiger charge is -2.33. The SMILES string of the molecule is CCCc1ccc(OCC(=O)OC2(C)CCCCC2)cc1. The van der Waals surface area contributed by atoms with E-state index in [1.54, 1.807) is 0 Å². The Morgan fingerprint density at radius 3 is 2.43 bits per heavy atom. The minimum absolute atomic E-state index is 0.0112. The molecule has 2 rings (SSSR count). The van der Waals surface area contributed by atoms with E-state index in [9.17, 15) is 4.79 Å². The third-order valence-electron chi connectivity index (χ3n) is 4.09. The number of rotatable bonds is 6. The van der Waals surface area contributed by atoms with Gasteiger partial charge in [0.25, 0.3) is 0 Å². The Hall–Kier alpha value is -1.51. The van der Waals surface area contributed by atoms with Crippen LogP contribution in [0.15, 0.2) is 24.3 Å². The first-order chi connectivity index (χ1) is 10.1. The monoisotopic (exact) mass is 290 g/mol. The van der Waals surface area contributed by atoms with Crippen molar-refractivity contribution in [3.8, 4) is 5.75 Å². The van der Waals surface area contributed by atoms with Gasteiger partial charge in [-0.05, 0) is 56.7 Å². The normalized spacial score (nSPS) is 17.2. The van der Waals surface area contributed by atoms with Crippen LogP contribution in [0.5, 0.6) is 5.75 Å². The van der Waals surface area contributed by atoms with Crippen LogP contribution in [0, 0.1) is 0 Å². The van der Waals surface area contributed by atoms with Gasteiger partial charge in [-0.1, -0.05) is 31.9 Å². The Morgan fingerprint density at radius 1 is 1.14 bits per heavy atom. The number of aryl methyl sites for hydroxylation is 1. The molecule has 0 unspecified atom stereocenters. The van der Waals surface area contributed by atoms with Gasteiger partial charge in [0.15, 0.2) is 6.61 Å². The summed E-state index contributed by atoms with van der Waals surface area (Å²) in [6.45, 7) is 4.18. The second-order valence-corrected chi connectivity index (χ2v) is 6.17. The van der Waals surface area contributed by atoms with Crippen molar-refractivity contribution in [2.24, 2.45) is 0 Å². The Morgan fingerprint density at radius 2 is 1.81 bits per heavy atom. The van der Waals surface area contributed by atoms with Gasteiger partial charge in [0.05, 0.1) is 0 Å². The molecule has 3 heteroatoms. The quantitative estimate of drug-likeness (QED) is 0.733. The maximum Gasteiger partial charge on any atom is 0.344 e. The molecular formula is C18H26O3. The summed E-state index contributed by atoms with van der Waals surface area (Å²) in [7, 11) is 0. The fourth-order valence-electron chi connectivity index (χ4n) is 2.89. The third-order valence-corrected chi connectivity index (χ3v) is 4.09. The van der Waals surface area contributed by atoms with Crippen molar-refractivity contribution in [3.63, 3.8) is 0 Å². The molecule has 1 fully saturated rings. The lowest BCUT2D eigenvalue weighted by Crippen LogP contribution is -2.35. The van der Waals surface area contributed by atoms with Crippen molar-refractivity contribution >= 4 is 5.97 Å². The van der Waals surface area contributed by atoms with E-state index in [4.69, 9.17) is 9.47 Å². The van der Waals surface area contributed by atoms with Crippen LogP contribution in [-0.2, 0) is 16.0 Å². The van der Waals surface area contributed by atoms with E-state index in [0.717, 1.165) is 44.3 Å². The summed E-state index contributed by atoms with van der Waals surface area (Å²) in [6.07, 6.45) is 7.65. The van der Waals surface area contributed by atoms with Crippen LogP contribution in [0.3, 0.4) is 0 Å². The molecule has 0 spiro atoms. The molecule has 116 valence electrons. The fourth-order valence-corrected chi connectivity index (χ4v) is 2.89. The number of hydrogen-bond acceptors (Lipinski definition) is 3. The van der Waals surface area contributed by atoms with E-state index in [-0.39, 0.29) is 18.2 Å². The highest BCUT2D eigenvalue weighted by Gasteiger charge is 2.30. The highest BCUT2D eigenvalue weighted by Crippen LogP contribution is 2.31. The van der Waals surface area contributed by atoms with Crippen LogP contribution < -0.4 is 4.74 Å². The van der Waals surface area contributed by atoms with Crippen LogP contribution in [-0.4, -0.2) is 18.2 Å². The van der Waals surface area contributed by atoms with Crippen molar-refractivity contribution in [2.45, 2.75) is 64.4 Å². The summed E-state index contributed by atoms with van der Waals surface area (Å²) in [5.74, 6) is 0.456. The first kappa shape index (κ1) is 15.9. The molecule has 0 amide bonds. The molecule has 0 aliphatic heterocycles. The van der Waals surface area contributed by atoms with Gasteiger partial charge in [0.1, 0.15) is 11.4 Å². The van der Waals surface area contributed by atoms with Crippen molar-refractivity contribution < 1.29 is 14.3 Å². The second kappa shape index (κ2) is 7.48. The predicted molar refractivity (Wildman–Crippen MR) is 83.5 cm³/mol. The van der Waals surface area contributed by atoms with Crippen LogP contribution in [0.2, 0.25) is 0 Å². The van der Waals surface area contributed by atoms with Crippen LogP contribution in [0.1, 0.15) is 57.9 Å². The van der Waals surface area contributed by atoms with Crippen molar-refractivity contribution in [1.29, 1.82) is 0 Å². The van der Waals surface area contributed by atoms with Crippen molar-refractivity contribution in [2.75, 3.05) is 6.61 Å². The molecule has 3 nitrogen and oxygen atoms in total. The summed E-state index contributed by atoms with van der Waals surface area (Å²) in [5.41, 5.74) is 1.01. The molecule has 0 atom stereocenters. The Bertz CT molecular complexity index is 444. The first-order valence-electron chi connectivity index (χ1n) is 8.05. The molecule has 0 saturated heterocycles. The van der Waals surface area contributed by atoms with Gasteiger partial charge in [-0.3, -0.25) is 0 Å². The molecule has 0 N–H and O–H groups in total. The van der Waals surface area contributed by atoms with E-state index in [1.165, 1.54) is 12.0 Å². The van der Waals surface area contributed by atoms with E-state index < -0.39 is 0 Å². The van der Waals surface area contributed by atoms with Gasteiger partial charge in [0, 0.05) is 0 Å². The zero-order chi connectivity index (χ0) is 15.1. The molecule has 1 aliphatic rings. The number of carbonyl (C=O) groups is 1. The largest absolute Gasteiger partial charge is 0.482 e. The second-order valence-electron chi connectivity index (χ2n) is 6.17. The number of esters is 1. The van der Waals surface area contributed by atoms with E-state index in [1.807, 2.05) is 31.2 Å². The lowest BCUT2D eigenvalue weighted by molar-refractivity contribution is -0.163. The summed E-state index contributed by atoms with van der Waals surface area (Å²) < 4.78 is 11.1. The maximum absolute atomic E-state index is 11.9. The zero-order valence-corrected chi connectivity index (χ0v) is 13.2. The Balaban J connectivity index is 1.78. The highest BCUT2D eigenvalue weighted by molar-refractivity contribution is 5.71. The standard InChI is InChI=1S/C18H26O3/c1-3-7-15-8-10-16(11-9-15)20-14-17(19)21-18(2)12-5-4-6-13-18/h8-11H,3-7,12-14H2,1-2H3. The molecule has 1 saturated carbocycles. The van der Waals surface area contributed by atoms with E-state index in [2.05, 4.69) is 6.92 Å². The smallest absolute Gasteiger partial charge is 0.344 e. The molecule has 0 heterocycles. The van der Waals surface area contributed by atoms with Gasteiger partial charge < -0.3 is 9.47 Å². The minimum Gasteiger partial charge on any atom is -0.482 e. The number of hydrogen-bond donors (Lipinski definition) is 0. The van der Waals surface area contributed by atoms with Crippen LogP contribution >= 0.6 is 0 Å². The minimum atomic E-state index is -0.288. The Labute approximate surface area is 127 Å². The average molecular weight is 290 g/mol. The predicted octanol–water partition coefficient (Wildman–Crippen LogP) is 4.28. The maximum atomic E-state index is 11.9. The van der Waals surface area contributed by atoms with Gasteiger partial charge in [-0.15, -0.1) is 0 Å². The first-order valence-corrected chi connectivity index (χ1v) is 8.05. The Kier molecular flexibility index (Phi) is 5.66. The van der Waals surface area contributed by atoms with E-state index >= 15 is 0 Å². The van der Waals surface area contributed by atoms with E-state index in [0.29, 0.717) is 0 Å². The molecule has 1 aromatic carbocycles. The lowest BCUT2D eigenvalue weighted by atomic mass is 9.86. The molecule has 1 aromatic rings. The topological polar surface area (TPSA) is 35.5 Å². The van der Waals surface area contributed by atoms with Gasteiger partial charge in [0.2, 0.25) is 0 Å². The highest BCUT2D eigenvalue weighted by atomic mass is 16.6.